The first-order valence-corrected chi connectivity index (χ1v) is 9.70. The van der Waals surface area contributed by atoms with Crippen LogP contribution in [0.5, 0.6) is 5.75 Å². The summed E-state index contributed by atoms with van der Waals surface area (Å²) in [6.07, 6.45) is -0.797. The minimum absolute atomic E-state index is 0.320. The average Bonchev–Trinajstić information content (AvgIpc) is 3.14. The maximum atomic E-state index is 13.1. The van der Waals surface area contributed by atoms with Gasteiger partial charge in [-0.05, 0) is 67.6 Å². The molecule has 0 bridgehead atoms. The second kappa shape index (κ2) is 8.30. The number of ether oxygens (including phenoxy) is 1. The quantitative estimate of drug-likeness (QED) is 0.454. The van der Waals surface area contributed by atoms with E-state index in [2.05, 4.69) is 15.5 Å². The Morgan fingerprint density at radius 3 is 2.50 bits per heavy atom. The second-order valence-electron chi connectivity index (χ2n) is 6.49. The number of nitrogens with zero attached hydrogens (tertiary/aromatic N) is 3. The Morgan fingerprint density at radius 2 is 1.77 bits per heavy atom. The van der Waals surface area contributed by atoms with Gasteiger partial charge in [0.2, 0.25) is 0 Å². The van der Waals surface area contributed by atoms with Crippen molar-refractivity contribution in [3.05, 3.63) is 76.5 Å². The van der Waals surface area contributed by atoms with Crippen LogP contribution in [0.4, 0.5) is 10.1 Å². The first kappa shape index (κ1) is 20.1. The average molecular weight is 445 g/mol. The minimum atomic E-state index is -0.797. The number of anilines is 1. The van der Waals surface area contributed by atoms with Gasteiger partial charge in [-0.2, -0.15) is 4.80 Å². The maximum Gasteiger partial charge on any atom is 0.265 e. The Balaban J connectivity index is 1.49. The number of carbonyl (C=O) groups is 1. The first-order chi connectivity index (χ1) is 14.4. The monoisotopic (exact) mass is 444 g/mol. The highest BCUT2D eigenvalue weighted by atomic mass is 35.5. The van der Waals surface area contributed by atoms with E-state index in [1.807, 2.05) is 0 Å². The van der Waals surface area contributed by atoms with Crippen LogP contribution in [0.1, 0.15) is 6.92 Å². The summed E-state index contributed by atoms with van der Waals surface area (Å²) in [5.74, 6) is -0.329. The summed E-state index contributed by atoms with van der Waals surface area (Å²) in [5, 5.41) is 12.3. The lowest BCUT2D eigenvalue weighted by atomic mass is 10.2. The van der Waals surface area contributed by atoms with E-state index in [4.69, 9.17) is 27.9 Å². The van der Waals surface area contributed by atoms with E-state index < -0.39 is 6.10 Å². The van der Waals surface area contributed by atoms with Crippen LogP contribution in [0.2, 0.25) is 10.0 Å². The topological polar surface area (TPSA) is 69.0 Å². The van der Waals surface area contributed by atoms with E-state index in [1.54, 1.807) is 55.5 Å². The highest BCUT2D eigenvalue weighted by Gasteiger charge is 2.17. The summed E-state index contributed by atoms with van der Waals surface area (Å²) in [4.78, 5) is 13.9. The van der Waals surface area contributed by atoms with Gasteiger partial charge in [-0.15, -0.1) is 10.2 Å². The van der Waals surface area contributed by atoms with Gasteiger partial charge in [0, 0.05) is 10.7 Å². The van der Waals surface area contributed by atoms with Crippen molar-refractivity contribution >= 4 is 45.8 Å². The predicted octanol–water partition coefficient (Wildman–Crippen LogP) is 5.27. The molecule has 0 aliphatic rings. The Bertz CT molecular complexity index is 1230. The number of amides is 1. The summed E-state index contributed by atoms with van der Waals surface area (Å²) >= 11 is 12.0. The number of aromatic nitrogens is 3. The molecule has 0 saturated carbocycles. The summed E-state index contributed by atoms with van der Waals surface area (Å²) < 4.78 is 18.7. The standard InChI is InChI=1S/C21H15Cl2FN4O2/c1-12(30-20-9-2-13(22)10-17(20)23)21(29)25-15-5-8-18-19(11-15)27-28(26-18)16-6-3-14(24)4-7-16/h2-12H,1H3,(H,25,29)/t12-/m0/s1. The van der Waals surface area contributed by atoms with Crippen molar-refractivity contribution in [2.24, 2.45) is 0 Å². The second-order valence-corrected chi connectivity index (χ2v) is 7.34. The smallest absolute Gasteiger partial charge is 0.265 e. The summed E-state index contributed by atoms with van der Waals surface area (Å²) in [5.41, 5.74) is 2.37. The summed E-state index contributed by atoms with van der Waals surface area (Å²) in [6.45, 7) is 1.61. The van der Waals surface area contributed by atoms with E-state index >= 15 is 0 Å². The van der Waals surface area contributed by atoms with Crippen LogP contribution in [0.15, 0.2) is 60.7 Å². The summed E-state index contributed by atoms with van der Waals surface area (Å²) in [6, 6.07) is 15.8. The number of benzene rings is 3. The third kappa shape index (κ3) is 4.37. The molecule has 9 heteroatoms. The first-order valence-electron chi connectivity index (χ1n) is 8.95. The molecule has 30 heavy (non-hydrogen) atoms. The van der Waals surface area contributed by atoms with Crippen LogP contribution in [0.25, 0.3) is 16.7 Å². The maximum absolute atomic E-state index is 13.1. The van der Waals surface area contributed by atoms with E-state index in [1.165, 1.54) is 16.9 Å². The van der Waals surface area contributed by atoms with Gasteiger partial charge in [0.15, 0.2) is 6.10 Å². The van der Waals surface area contributed by atoms with E-state index in [9.17, 15) is 9.18 Å². The Hall–Kier alpha value is -3.16. The fourth-order valence-corrected chi connectivity index (χ4v) is 3.19. The van der Waals surface area contributed by atoms with Crippen molar-refractivity contribution in [1.29, 1.82) is 0 Å². The molecule has 0 saturated heterocycles. The highest BCUT2D eigenvalue weighted by Crippen LogP contribution is 2.28. The number of fused-ring (bicyclic) bond motifs is 1. The zero-order chi connectivity index (χ0) is 21.3. The van der Waals surface area contributed by atoms with Gasteiger partial charge in [-0.25, -0.2) is 4.39 Å². The molecule has 0 fully saturated rings. The number of hydrogen-bond donors (Lipinski definition) is 1. The largest absolute Gasteiger partial charge is 0.479 e. The van der Waals surface area contributed by atoms with Crippen molar-refractivity contribution in [3.63, 3.8) is 0 Å². The van der Waals surface area contributed by atoms with Crippen LogP contribution in [0, 0.1) is 5.82 Å². The Kier molecular flexibility index (Phi) is 5.57. The van der Waals surface area contributed by atoms with Gasteiger partial charge in [0.25, 0.3) is 5.91 Å². The van der Waals surface area contributed by atoms with Gasteiger partial charge in [-0.1, -0.05) is 23.2 Å². The Morgan fingerprint density at radius 1 is 1.03 bits per heavy atom. The van der Waals surface area contributed by atoms with Crippen molar-refractivity contribution in [2.45, 2.75) is 13.0 Å². The lowest BCUT2D eigenvalue weighted by Gasteiger charge is -2.15. The minimum Gasteiger partial charge on any atom is -0.479 e. The predicted molar refractivity (Wildman–Crippen MR) is 114 cm³/mol. The third-order valence-corrected chi connectivity index (χ3v) is 4.80. The van der Waals surface area contributed by atoms with Gasteiger partial charge in [0.1, 0.15) is 22.6 Å². The molecule has 4 rings (SSSR count). The van der Waals surface area contributed by atoms with Crippen LogP contribution >= 0.6 is 23.2 Å². The highest BCUT2D eigenvalue weighted by molar-refractivity contribution is 6.35. The van der Waals surface area contributed by atoms with Crippen LogP contribution in [0.3, 0.4) is 0 Å². The molecule has 1 N–H and O–H groups in total. The van der Waals surface area contributed by atoms with E-state index in [-0.39, 0.29) is 11.7 Å². The van der Waals surface area contributed by atoms with Crippen molar-refractivity contribution < 1.29 is 13.9 Å². The van der Waals surface area contributed by atoms with Crippen LogP contribution < -0.4 is 10.1 Å². The zero-order valence-corrected chi connectivity index (χ0v) is 17.2. The molecule has 3 aromatic carbocycles. The molecule has 0 aliphatic heterocycles. The number of carbonyl (C=O) groups excluding carboxylic acids is 1. The molecule has 0 spiro atoms. The van der Waals surface area contributed by atoms with Gasteiger partial charge < -0.3 is 10.1 Å². The molecule has 1 amide bonds. The molecule has 1 aromatic heterocycles. The molecular weight excluding hydrogens is 430 g/mol. The zero-order valence-electron chi connectivity index (χ0n) is 15.6. The van der Waals surface area contributed by atoms with E-state index in [0.717, 1.165) is 0 Å². The van der Waals surface area contributed by atoms with Crippen molar-refractivity contribution in [3.8, 4) is 11.4 Å². The number of hydrogen-bond acceptors (Lipinski definition) is 4. The van der Waals surface area contributed by atoms with Gasteiger partial charge >= 0.3 is 0 Å². The van der Waals surface area contributed by atoms with E-state index in [0.29, 0.717) is 38.2 Å². The molecule has 6 nitrogen and oxygen atoms in total. The summed E-state index contributed by atoms with van der Waals surface area (Å²) in [7, 11) is 0. The molecule has 152 valence electrons. The Labute approximate surface area is 181 Å². The SMILES string of the molecule is C[C@H](Oc1ccc(Cl)cc1Cl)C(=O)Nc1ccc2nn(-c3ccc(F)cc3)nc2c1. The lowest BCUT2D eigenvalue weighted by molar-refractivity contribution is -0.122. The van der Waals surface area contributed by atoms with Crippen LogP contribution in [-0.4, -0.2) is 27.0 Å². The number of rotatable bonds is 5. The third-order valence-electron chi connectivity index (χ3n) is 4.27. The molecule has 1 heterocycles. The van der Waals surface area contributed by atoms with Crippen molar-refractivity contribution in [2.75, 3.05) is 5.32 Å². The van der Waals surface area contributed by atoms with Gasteiger partial charge in [-0.3, -0.25) is 4.79 Å². The molecular formula is C21H15Cl2FN4O2. The van der Waals surface area contributed by atoms with Gasteiger partial charge in [0.05, 0.1) is 10.7 Å². The lowest BCUT2D eigenvalue weighted by Crippen LogP contribution is -2.30. The molecule has 4 aromatic rings. The normalized spacial score (nSPS) is 12.0. The molecule has 1 atom stereocenters. The number of halogens is 3. The number of nitrogens with one attached hydrogen (secondary N) is 1. The molecule has 0 aliphatic carbocycles. The fraction of sp³-hybridized carbons (Fsp3) is 0.0952. The molecule has 0 unspecified atom stereocenters. The molecule has 0 radical (unpaired) electrons. The van der Waals surface area contributed by atoms with Crippen molar-refractivity contribution in [1.82, 2.24) is 15.0 Å². The van der Waals surface area contributed by atoms with Crippen LogP contribution in [-0.2, 0) is 4.79 Å². The fourth-order valence-electron chi connectivity index (χ4n) is 2.74.